The number of nitrogens with two attached hydrogens (primary N) is 1. The van der Waals surface area contributed by atoms with Gasteiger partial charge < -0.3 is 30.2 Å². The average Bonchev–Trinajstić information content (AvgIpc) is 3.48. The number of aliphatic hydroxyl groups excluding tert-OH is 2. The van der Waals surface area contributed by atoms with Gasteiger partial charge >= 0.3 is 0 Å². The van der Waals surface area contributed by atoms with E-state index in [0.29, 0.717) is 34.9 Å². The summed E-state index contributed by atoms with van der Waals surface area (Å²) in [4.78, 5) is 26.1. The van der Waals surface area contributed by atoms with Gasteiger partial charge in [-0.3, -0.25) is 9.59 Å². The van der Waals surface area contributed by atoms with Gasteiger partial charge in [-0.2, -0.15) is 0 Å². The number of anilines is 1. The number of allylic oxidation sites excluding steroid dienone is 4. The van der Waals surface area contributed by atoms with Crippen LogP contribution in [0, 0.1) is 28.6 Å². The summed E-state index contributed by atoms with van der Waals surface area (Å²) in [6.07, 6.45) is 5.24. The third-order valence-corrected chi connectivity index (χ3v) is 11.7. The molecular weight excluding hydrogens is 582 g/mol. The number of ether oxygens (including phenoxy) is 3. The van der Waals surface area contributed by atoms with Crippen LogP contribution >= 0.6 is 11.6 Å². The Hall–Kier alpha value is -3.01. The number of carbonyl (C=O) groups excluding carboxylic acids is 2. The number of nitrogen functional groups attached to an aromatic ring is 1. The predicted octanol–water partition coefficient (Wildman–Crippen LogP) is 5.10. The van der Waals surface area contributed by atoms with Gasteiger partial charge in [0.2, 0.25) is 0 Å². The Morgan fingerprint density at radius 2 is 2.00 bits per heavy atom. The number of benzene rings is 2. The van der Waals surface area contributed by atoms with Crippen molar-refractivity contribution in [1.82, 2.24) is 0 Å². The highest BCUT2D eigenvalue weighted by Gasteiger charge is 2.76. The van der Waals surface area contributed by atoms with Gasteiger partial charge in [0.05, 0.1) is 22.8 Å². The molecule has 0 amide bonds. The molecule has 0 aromatic heterocycles. The molecule has 1 heterocycles. The molecule has 8 nitrogen and oxygen atoms in total. The van der Waals surface area contributed by atoms with Crippen molar-refractivity contribution < 1.29 is 34.0 Å². The molecule has 0 radical (unpaired) electrons. The summed E-state index contributed by atoms with van der Waals surface area (Å²) < 4.78 is 19.6. The molecule has 232 valence electrons. The maximum atomic E-state index is 13.9. The van der Waals surface area contributed by atoms with Crippen molar-refractivity contribution in [2.45, 2.75) is 70.2 Å². The van der Waals surface area contributed by atoms with Crippen molar-refractivity contribution in [3.05, 3.63) is 82.4 Å². The zero-order valence-electron chi connectivity index (χ0n) is 24.9. The van der Waals surface area contributed by atoms with Crippen LogP contribution < -0.4 is 10.5 Å². The molecule has 0 spiro atoms. The Morgan fingerprint density at radius 3 is 2.77 bits per heavy atom. The topological polar surface area (TPSA) is 128 Å². The summed E-state index contributed by atoms with van der Waals surface area (Å²) in [6.45, 7) is 3.64. The summed E-state index contributed by atoms with van der Waals surface area (Å²) in [5, 5.41) is 22.6. The normalized spacial score (nSPS) is 38.8. The number of aliphatic hydroxyl groups is 2. The molecule has 44 heavy (non-hydrogen) atoms. The Kier molecular flexibility index (Phi) is 7.10. The number of fused-ring (bicyclic) bond motifs is 7. The second kappa shape index (κ2) is 10.5. The minimum absolute atomic E-state index is 0.00717. The fraction of sp³-hybridized carbons (Fsp3) is 0.486. The quantitative estimate of drug-likeness (QED) is 0.381. The summed E-state index contributed by atoms with van der Waals surface area (Å²) in [7, 11) is 0. The fourth-order valence-corrected chi connectivity index (χ4v) is 9.79. The van der Waals surface area contributed by atoms with E-state index in [1.54, 1.807) is 36.4 Å². The molecule has 3 saturated carbocycles. The van der Waals surface area contributed by atoms with E-state index in [9.17, 15) is 19.8 Å². The number of hydrogen-bond donors (Lipinski definition) is 3. The molecule has 9 heteroatoms. The lowest BCUT2D eigenvalue weighted by Gasteiger charge is -2.59. The Labute approximate surface area is 261 Å². The Morgan fingerprint density at radius 1 is 1.20 bits per heavy atom. The van der Waals surface area contributed by atoms with E-state index in [1.807, 2.05) is 31.2 Å². The van der Waals surface area contributed by atoms with E-state index in [0.717, 1.165) is 24.0 Å². The van der Waals surface area contributed by atoms with Crippen molar-refractivity contribution >= 4 is 28.9 Å². The molecule has 0 unspecified atom stereocenters. The molecule has 0 bridgehead atoms. The number of carbonyl (C=O) groups is 2. The zero-order valence-corrected chi connectivity index (χ0v) is 25.6. The van der Waals surface area contributed by atoms with Crippen LogP contribution in [0.2, 0.25) is 5.02 Å². The smallest absolute Gasteiger partial charge is 0.193 e. The molecule has 4 aliphatic carbocycles. The van der Waals surface area contributed by atoms with Gasteiger partial charge in [0.1, 0.15) is 19.0 Å². The van der Waals surface area contributed by atoms with Crippen LogP contribution in [0.3, 0.4) is 0 Å². The van der Waals surface area contributed by atoms with Gasteiger partial charge in [0.25, 0.3) is 0 Å². The van der Waals surface area contributed by atoms with E-state index in [1.165, 1.54) is 0 Å². The minimum Gasteiger partial charge on any atom is -0.488 e. The molecule has 1 saturated heterocycles. The van der Waals surface area contributed by atoms with Crippen LogP contribution in [0.4, 0.5) is 5.69 Å². The summed E-state index contributed by atoms with van der Waals surface area (Å²) in [5.74, 6) is -0.0667. The molecule has 4 fully saturated rings. The standard InChI is InChI=1S/C35H38ClNO7/c1-33-12-11-22(39)14-20(33)9-10-23-24-15-29-35(28(41)17-38,34(24,2)16-26(40)31(23)33)44-32(43-29)30-25(36)7-4-8-27(30)42-18-19-5-3-6-21(37)13-19/h3-8,11-14,23-24,26,29,31-32,38,40H,9-10,15-18,37H2,1-2H3/t23-,24-,26-,29+,31+,32+,33-,34-,35+/m0/s1. The van der Waals surface area contributed by atoms with Gasteiger partial charge in [-0.15, -0.1) is 0 Å². The third kappa shape index (κ3) is 4.18. The maximum Gasteiger partial charge on any atom is 0.193 e. The van der Waals surface area contributed by atoms with Crippen LogP contribution in [0.1, 0.15) is 56.9 Å². The number of ketones is 2. The van der Waals surface area contributed by atoms with Crippen LogP contribution in [0.15, 0.2) is 66.3 Å². The van der Waals surface area contributed by atoms with Gasteiger partial charge in [-0.05, 0) is 79.5 Å². The predicted molar refractivity (Wildman–Crippen MR) is 164 cm³/mol. The lowest BCUT2D eigenvalue weighted by Crippen LogP contribution is -2.63. The zero-order chi connectivity index (χ0) is 31.0. The Balaban J connectivity index is 1.23. The van der Waals surface area contributed by atoms with Crippen LogP contribution in [-0.2, 0) is 25.7 Å². The number of Topliss-reactive ketones (excluding diaryl/α,β-unsaturated/α-hetero) is 1. The van der Waals surface area contributed by atoms with E-state index < -0.39 is 47.3 Å². The van der Waals surface area contributed by atoms with E-state index in [2.05, 4.69) is 6.92 Å². The van der Waals surface area contributed by atoms with Gasteiger partial charge in [-0.1, -0.05) is 55.3 Å². The Bertz CT molecular complexity index is 1590. The summed E-state index contributed by atoms with van der Waals surface area (Å²) in [5.41, 5.74) is 6.25. The summed E-state index contributed by atoms with van der Waals surface area (Å²) >= 11 is 6.74. The van der Waals surface area contributed by atoms with Crippen molar-refractivity contribution in [2.24, 2.45) is 28.6 Å². The van der Waals surface area contributed by atoms with Crippen LogP contribution in [0.5, 0.6) is 5.75 Å². The highest BCUT2D eigenvalue weighted by atomic mass is 35.5. The first-order chi connectivity index (χ1) is 21.0. The molecule has 9 atom stereocenters. The number of rotatable bonds is 6. The molecule has 4 N–H and O–H groups in total. The number of hydrogen-bond acceptors (Lipinski definition) is 8. The lowest BCUT2D eigenvalue weighted by molar-refractivity contribution is -0.201. The highest BCUT2D eigenvalue weighted by molar-refractivity contribution is 6.31. The van der Waals surface area contributed by atoms with Crippen LogP contribution in [-0.4, -0.2) is 46.2 Å². The van der Waals surface area contributed by atoms with Gasteiger partial charge in [0.15, 0.2) is 23.5 Å². The average molecular weight is 620 g/mol. The molecular formula is C35H38ClNO7. The molecule has 2 aromatic carbocycles. The highest BCUT2D eigenvalue weighted by Crippen LogP contribution is 2.70. The van der Waals surface area contributed by atoms with E-state index in [-0.39, 0.29) is 30.1 Å². The molecule has 2 aromatic rings. The lowest BCUT2D eigenvalue weighted by atomic mass is 9.46. The largest absolute Gasteiger partial charge is 0.488 e. The maximum absolute atomic E-state index is 13.9. The minimum atomic E-state index is -1.48. The first-order valence-electron chi connectivity index (χ1n) is 15.4. The third-order valence-electron chi connectivity index (χ3n) is 11.4. The number of halogens is 1. The van der Waals surface area contributed by atoms with Crippen molar-refractivity contribution in [3.8, 4) is 5.75 Å². The van der Waals surface area contributed by atoms with Gasteiger partial charge in [-0.25, -0.2) is 0 Å². The van der Waals surface area contributed by atoms with E-state index in [4.69, 9.17) is 31.5 Å². The SMILES string of the molecule is C[C@]12C=CC(=O)C=C1CC[C@@H]1[C@@H]2[C@@H](O)C[C@@]2(C)[C@H]1C[C@H]1O[C@@H](c3c(Cl)cccc3OCc3cccc(N)c3)O[C@]12C(=O)CO. The van der Waals surface area contributed by atoms with Gasteiger partial charge in [0, 0.05) is 22.4 Å². The fourth-order valence-electron chi connectivity index (χ4n) is 9.53. The molecule has 1 aliphatic heterocycles. The van der Waals surface area contributed by atoms with E-state index >= 15 is 0 Å². The molecule has 7 rings (SSSR count). The second-order valence-corrected chi connectivity index (χ2v) is 13.9. The summed E-state index contributed by atoms with van der Waals surface area (Å²) in [6, 6.07) is 12.7. The monoisotopic (exact) mass is 619 g/mol. The first kappa shape index (κ1) is 29.7. The van der Waals surface area contributed by atoms with Crippen molar-refractivity contribution in [3.63, 3.8) is 0 Å². The van der Waals surface area contributed by atoms with Crippen LogP contribution in [0.25, 0.3) is 0 Å². The van der Waals surface area contributed by atoms with Crippen molar-refractivity contribution in [1.29, 1.82) is 0 Å². The second-order valence-electron chi connectivity index (χ2n) is 13.5. The molecule has 5 aliphatic rings. The van der Waals surface area contributed by atoms with Crippen molar-refractivity contribution in [2.75, 3.05) is 12.3 Å². The first-order valence-corrected chi connectivity index (χ1v) is 15.7.